The Hall–Kier alpha value is -2.30. The highest BCUT2D eigenvalue weighted by molar-refractivity contribution is 5.84. The number of hydrogen-bond donors (Lipinski definition) is 0. The lowest BCUT2D eigenvalue weighted by Crippen LogP contribution is -2.29. The van der Waals surface area contributed by atoms with Gasteiger partial charge in [0.25, 0.3) is 0 Å². The predicted molar refractivity (Wildman–Crippen MR) is 57.7 cm³/mol. The zero-order valence-electron chi connectivity index (χ0n) is 9.06. The maximum Gasteiger partial charge on any atom is 0.339 e. The summed E-state index contributed by atoms with van der Waals surface area (Å²) in [5.41, 5.74) is 0.718. The number of ether oxygens (including phenoxy) is 1. The van der Waals surface area contributed by atoms with Gasteiger partial charge in [0.2, 0.25) is 0 Å². The van der Waals surface area contributed by atoms with Gasteiger partial charge in [0.15, 0.2) is 0 Å². The van der Waals surface area contributed by atoms with E-state index in [1.807, 2.05) is 6.92 Å². The smallest absolute Gasteiger partial charge is 0.339 e. The highest BCUT2D eigenvalue weighted by Crippen LogP contribution is 2.24. The summed E-state index contributed by atoms with van der Waals surface area (Å²) < 4.78 is 9.96. The molecule has 2 rings (SSSR count). The lowest BCUT2D eigenvalue weighted by Gasteiger charge is -2.08. The average Bonchev–Trinajstić information content (AvgIpc) is 2.26. The second kappa shape index (κ2) is 4.29. The van der Waals surface area contributed by atoms with Gasteiger partial charge < -0.3 is 19.1 Å². The van der Waals surface area contributed by atoms with Gasteiger partial charge in [-0.3, -0.25) is 0 Å². The van der Waals surface area contributed by atoms with Crippen molar-refractivity contribution in [2.75, 3.05) is 6.61 Å². The van der Waals surface area contributed by atoms with Gasteiger partial charge in [0, 0.05) is 0 Å². The first-order valence-electron chi connectivity index (χ1n) is 4.93. The Kier molecular flexibility index (Phi) is 2.82. The Morgan fingerprint density at radius 1 is 1.41 bits per heavy atom. The highest BCUT2D eigenvalue weighted by atomic mass is 16.5. The van der Waals surface area contributed by atoms with E-state index >= 15 is 0 Å². The summed E-state index contributed by atoms with van der Waals surface area (Å²) in [6.45, 7) is 1.26. The fourth-order valence-corrected chi connectivity index (χ4v) is 1.50. The van der Waals surface area contributed by atoms with Gasteiger partial charge in [0.05, 0.1) is 17.4 Å². The normalized spacial score (nSPS) is 10.4. The first kappa shape index (κ1) is 11.2. The van der Waals surface area contributed by atoms with Crippen molar-refractivity contribution in [3.63, 3.8) is 0 Å². The third-order valence-corrected chi connectivity index (χ3v) is 2.21. The number of aliphatic carboxylic acids is 1. The lowest BCUT2D eigenvalue weighted by molar-refractivity contribution is -0.307. The van der Waals surface area contributed by atoms with Gasteiger partial charge in [0.1, 0.15) is 17.9 Å². The molecule has 0 aliphatic rings. The quantitative estimate of drug-likeness (QED) is 0.709. The molecule has 0 spiro atoms. The van der Waals surface area contributed by atoms with Crippen LogP contribution < -0.4 is 15.5 Å². The largest absolute Gasteiger partial charge is 0.546 e. The van der Waals surface area contributed by atoms with Gasteiger partial charge >= 0.3 is 5.63 Å². The van der Waals surface area contributed by atoms with Crippen LogP contribution in [0.1, 0.15) is 5.56 Å². The SMILES string of the molecule is Cc1ccc2oc(=O)cc(OCC(=O)[O-])c2c1. The molecule has 1 aromatic heterocycles. The van der Waals surface area contributed by atoms with E-state index in [0.29, 0.717) is 11.0 Å². The van der Waals surface area contributed by atoms with Crippen molar-refractivity contribution in [2.24, 2.45) is 0 Å². The zero-order valence-corrected chi connectivity index (χ0v) is 9.06. The minimum Gasteiger partial charge on any atom is -0.546 e. The van der Waals surface area contributed by atoms with Crippen LogP contribution in [0.2, 0.25) is 0 Å². The van der Waals surface area contributed by atoms with Gasteiger partial charge in [-0.15, -0.1) is 0 Å². The maximum absolute atomic E-state index is 11.2. The van der Waals surface area contributed by atoms with Crippen LogP contribution in [0.15, 0.2) is 33.5 Å². The molecule has 5 nitrogen and oxygen atoms in total. The molecule has 0 atom stereocenters. The van der Waals surface area contributed by atoms with Gasteiger partial charge in [-0.1, -0.05) is 11.6 Å². The van der Waals surface area contributed by atoms with E-state index in [-0.39, 0.29) is 5.75 Å². The van der Waals surface area contributed by atoms with Crippen molar-refractivity contribution >= 4 is 16.9 Å². The molecule has 0 radical (unpaired) electrons. The lowest BCUT2D eigenvalue weighted by atomic mass is 10.1. The van der Waals surface area contributed by atoms with Crippen molar-refractivity contribution in [1.29, 1.82) is 0 Å². The minimum atomic E-state index is -1.35. The molecule has 1 heterocycles. The summed E-state index contributed by atoms with van der Waals surface area (Å²) in [6, 6.07) is 6.29. The summed E-state index contributed by atoms with van der Waals surface area (Å²) in [4.78, 5) is 21.5. The van der Waals surface area contributed by atoms with E-state index in [2.05, 4.69) is 0 Å². The second-order valence-electron chi connectivity index (χ2n) is 3.59. The summed E-state index contributed by atoms with van der Waals surface area (Å²) in [5.74, 6) is -1.16. The summed E-state index contributed by atoms with van der Waals surface area (Å²) in [6.07, 6.45) is 0. The van der Waals surface area contributed by atoms with Crippen molar-refractivity contribution in [3.8, 4) is 5.75 Å². The molecule has 0 fully saturated rings. The van der Waals surface area contributed by atoms with E-state index in [1.54, 1.807) is 18.2 Å². The number of hydrogen-bond acceptors (Lipinski definition) is 5. The van der Waals surface area contributed by atoms with E-state index in [9.17, 15) is 14.7 Å². The fourth-order valence-electron chi connectivity index (χ4n) is 1.50. The average molecular weight is 233 g/mol. The maximum atomic E-state index is 11.2. The molecule has 0 saturated heterocycles. The predicted octanol–water partition coefficient (Wildman–Crippen LogP) is 0.230. The highest BCUT2D eigenvalue weighted by Gasteiger charge is 2.06. The van der Waals surface area contributed by atoms with Gasteiger partial charge in [-0.05, 0) is 19.1 Å². The first-order chi connectivity index (χ1) is 8.06. The molecule has 0 amide bonds. The van der Waals surface area contributed by atoms with Crippen molar-refractivity contribution < 1.29 is 19.1 Å². The van der Waals surface area contributed by atoms with Gasteiger partial charge in [-0.2, -0.15) is 0 Å². The van der Waals surface area contributed by atoms with Gasteiger partial charge in [-0.25, -0.2) is 4.79 Å². The number of rotatable bonds is 3. The van der Waals surface area contributed by atoms with Crippen LogP contribution in [-0.2, 0) is 4.79 Å². The van der Waals surface area contributed by atoms with Crippen molar-refractivity contribution in [1.82, 2.24) is 0 Å². The van der Waals surface area contributed by atoms with Crippen LogP contribution in [0.4, 0.5) is 0 Å². The number of carbonyl (C=O) groups excluding carboxylic acids is 1. The molecule has 88 valence electrons. The Labute approximate surface area is 96.2 Å². The second-order valence-corrected chi connectivity index (χ2v) is 3.59. The van der Waals surface area contributed by atoms with E-state index in [4.69, 9.17) is 9.15 Å². The van der Waals surface area contributed by atoms with E-state index < -0.39 is 18.2 Å². The molecule has 0 aliphatic carbocycles. The molecular weight excluding hydrogens is 224 g/mol. The van der Waals surface area contributed by atoms with Crippen molar-refractivity contribution in [2.45, 2.75) is 6.92 Å². The summed E-state index contributed by atoms with van der Waals surface area (Å²) >= 11 is 0. The van der Waals surface area contributed by atoms with Crippen molar-refractivity contribution in [3.05, 3.63) is 40.2 Å². The zero-order chi connectivity index (χ0) is 12.4. The van der Waals surface area contributed by atoms with E-state index in [1.165, 1.54) is 0 Å². The Morgan fingerprint density at radius 3 is 2.88 bits per heavy atom. The Bertz CT molecular complexity index is 626. The van der Waals surface area contributed by atoms with Crippen LogP contribution in [0.25, 0.3) is 11.0 Å². The molecule has 2 aromatic rings. The molecule has 0 aliphatic heterocycles. The number of fused-ring (bicyclic) bond motifs is 1. The number of aryl methyl sites for hydroxylation is 1. The molecule has 0 N–H and O–H groups in total. The van der Waals surface area contributed by atoms with Crippen LogP contribution in [-0.4, -0.2) is 12.6 Å². The van der Waals surface area contributed by atoms with Crippen LogP contribution in [0.3, 0.4) is 0 Å². The molecule has 1 aromatic carbocycles. The van der Waals surface area contributed by atoms with Crippen LogP contribution in [0.5, 0.6) is 5.75 Å². The minimum absolute atomic E-state index is 0.184. The summed E-state index contributed by atoms with van der Waals surface area (Å²) in [5, 5.41) is 10.9. The molecule has 0 saturated carbocycles. The van der Waals surface area contributed by atoms with Crippen LogP contribution >= 0.6 is 0 Å². The molecular formula is C12H9O5-. The fraction of sp³-hybridized carbons (Fsp3) is 0.167. The molecule has 0 unspecified atom stereocenters. The number of carboxylic acid groups (broad SMARTS) is 1. The van der Waals surface area contributed by atoms with Crippen LogP contribution in [0, 0.1) is 6.92 Å². The molecule has 0 bridgehead atoms. The molecule has 17 heavy (non-hydrogen) atoms. The number of benzene rings is 1. The molecule has 5 heteroatoms. The standard InChI is InChI=1S/C12H10O5/c1-7-2-3-9-8(4-7)10(5-12(15)17-9)16-6-11(13)14/h2-5H,6H2,1H3,(H,13,14)/p-1. The summed E-state index contributed by atoms with van der Waals surface area (Å²) in [7, 11) is 0. The monoisotopic (exact) mass is 233 g/mol. The number of carbonyl (C=O) groups is 1. The topological polar surface area (TPSA) is 79.6 Å². The Balaban J connectivity index is 2.55. The third kappa shape index (κ3) is 2.44. The Morgan fingerprint density at radius 2 is 2.18 bits per heavy atom. The third-order valence-electron chi connectivity index (χ3n) is 2.21. The number of carboxylic acids is 1. The first-order valence-corrected chi connectivity index (χ1v) is 4.93. The van der Waals surface area contributed by atoms with E-state index in [0.717, 1.165) is 11.6 Å².